The average molecular weight is 408 g/mol. The Morgan fingerprint density at radius 3 is 1.19 bits per heavy atom. The van der Waals surface area contributed by atoms with Crippen molar-refractivity contribution in [1.82, 2.24) is 0 Å². The van der Waals surface area contributed by atoms with Crippen LogP contribution in [0.5, 0.6) is 0 Å². The maximum Gasteiger partial charge on any atom is 0 e. The monoisotopic (exact) mass is 408 g/mol. The van der Waals surface area contributed by atoms with Crippen molar-refractivity contribution in [1.29, 1.82) is 0 Å². The summed E-state index contributed by atoms with van der Waals surface area (Å²) in [6.45, 7) is 29.7. The second-order valence-electron chi connectivity index (χ2n) is 5.52. The Balaban J connectivity index is -0.000000193. The van der Waals surface area contributed by atoms with E-state index in [0.717, 1.165) is 11.3 Å². The van der Waals surface area contributed by atoms with Crippen LogP contribution in [0.25, 0.3) is 12.2 Å². The van der Waals surface area contributed by atoms with Crippen LogP contribution in [0.2, 0.25) is 0 Å². The van der Waals surface area contributed by atoms with Gasteiger partial charge in [0.05, 0.1) is 0 Å². The van der Waals surface area contributed by atoms with Gasteiger partial charge in [0, 0.05) is 28.7 Å². The predicted molar refractivity (Wildman–Crippen MR) is 88.5 cm³/mol. The smallest absolute Gasteiger partial charge is 0 e. The van der Waals surface area contributed by atoms with Crippen LogP contribution in [0.3, 0.4) is 0 Å². The van der Waals surface area contributed by atoms with E-state index in [1.54, 1.807) is 0 Å². The van der Waals surface area contributed by atoms with E-state index >= 15 is 0 Å². The van der Waals surface area contributed by atoms with Gasteiger partial charge in [-0.25, -0.2) is 0 Å². The van der Waals surface area contributed by atoms with Gasteiger partial charge in [0.2, 0.25) is 0 Å². The molecule has 1 heterocycles. The van der Waals surface area contributed by atoms with Crippen LogP contribution in [0.1, 0.15) is 20.8 Å². The van der Waals surface area contributed by atoms with Gasteiger partial charge in [-0.05, 0) is 15.6 Å². The van der Waals surface area contributed by atoms with Gasteiger partial charge in [0.25, 0.3) is 0 Å². The van der Waals surface area contributed by atoms with Crippen molar-refractivity contribution in [3.05, 3.63) is 68.0 Å². The van der Waals surface area contributed by atoms with Crippen molar-refractivity contribution in [3.63, 3.8) is 0 Å². The Kier molecular flexibility index (Phi) is 22.9. The molecule has 0 saturated carbocycles. The Morgan fingerprint density at radius 2 is 0.962 bits per heavy atom. The number of hydrogen-bond acceptors (Lipinski definition) is 0. The maximum absolute atomic E-state index is 7.50. The summed E-state index contributed by atoms with van der Waals surface area (Å²) < 4.78 is 37.5. The first-order chi connectivity index (χ1) is 12.1. The number of fused-ring (bicyclic) bond motifs is 2. The summed E-state index contributed by atoms with van der Waals surface area (Å²) in [5.41, 5.74) is 1.74. The molecule has 1 aromatic rings. The molecule has 1 saturated heterocycles. The van der Waals surface area contributed by atoms with Crippen LogP contribution < -0.4 is 10.4 Å². The normalized spacial score (nSPS) is 18.9. The van der Waals surface area contributed by atoms with Crippen molar-refractivity contribution in [3.8, 4) is 0 Å². The third kappa shape index (κ3) is 9.36. The van der Waals surface area contributed by atoms with Crippen LogP contribution in [0.4, 0.5) is 0 Å². The van der Waals surface area contributed by atoms with E-state index < -0.39 is 0 Å². The zero-order chi connectivity index (χ0) is 20.6. The first kappa shape index (κ1) is 32.3. The molecule has 1 aliphatic carbocycles. The minimum absolute atomic E-state index is 0. The van der Waals surface area contributed by atoms with Gasteiger partial charge in [-0.2, -0.15) is 0 Å². The van der Waals surface area contributed by atoms with Crippen molar-refractivity contribution in [2.45, 2.75) is 37.2 Å². The Bertz CT molecular complexity index is 649. The summed E-state index contributed by atoms with van der Waals surface area (Å²) in [6.07, 6.45) is 5.02. The van der Waals surface area contributed by atoms with E-state index in [1.807, 2.05) is 0 Å². The van der Waals surface area contributed by atoms with Gasteiger partial charge in [0.1, 0.15) is 0 Å². The van der Waals surface area contributed by atoms with Gasteiger partial charge >= 0.3 is 56.5 Å². The topological polar surface area (TPSA) is 99.5 Å². The molecular weight excluding hydrogens is 391 g/mol. The summed E-state index contributed by atoms with van der Waals surface area (Å²) in [5.74, 6) is 0. The fourth-order valence-corrected chi connectivity index (χ4v) is 6.04. The van der Waals surface area contributed by atoms with Crippen LogP contribution >= 0.6 is 7.92 Å². The molecule has 0 aromatic heterocycles. The van der Waals surface area contributed by atoms with Crippen molar-refractivity contribution >= 4 is 20.1 Å². The molecule has 2 aliphatic rings. The summed E-state index contributed by atoms with van der Waals surface area (Å²) in [6, 6.07) is 8.78. The molecule has 0 bridgehead atoms. The maximum atomic E-state index is 7.50. The quantitative estimate of drug-likeness (QED) is 0.357. The van der Waals surface area contributed by atoms with Crippen molar-refractivity contribution in [2.75, 3.05) is 0 Å². The molecule has 1 aromatic carbocycles. The molecule has 2 atom stereocenters. The SMILES string of the molecule is CC(C)(C)P1C2C=c3ccccc3=CC21.[C-]#[O+].[C-]#[O+].[C-]#[O+].[C-]#[O+].[C-]#[O+].[Cr]. The van der Waals surface area contributed by atoms with E-state index in [1.165, 1.54) is 10.4 Å². The first-order valence-corrected chi connectivity index (χ1v) is 8.15. The molecule has 5 nitrogen and oxygen atoms in total. The fourth-order valence-electron chi connectivity index (χ4n) is 2.70. The van der Waals surface area contributed by atoms with E-state index in [4.69, 9.17) is 23.3 Å². The molecule has 1 aliphatic heterocycles. The second-order valence-corrected chi connectivity index (χ2v) is 8.87. The number of hydrogen-bond donors (Lipinski definition) is 0. The molecular formula is C19H17CrO5P. The summed E-state index contributed by atoms with van der Waals surface area (Å²) in [4.78, 5) is 0. The van der Waals surface area contributed by atoms with Gasteiger partial charge in [-0.3, -0.25) is 0 Å². The Hall–Kier alpha value is -1.38. The van der Waals surface area contributed by atoms with Crippen LogP contribution in [-0.2, 0) is 40.6 Å². The largest absolute Gasteiger partial charge is 0 e. The first-order valence-electron chi connectivity index (χ1n) is 6.67. The fraction of sp³-hybridized carbons (Fsp3) is 0.316. The summed E-state index contributed by atoms with van der Waals surface area (Å²) in [5, 5.41) is 3.42. The Labute approximate surface area is 166 Å². The molecule has 0 spiro atoms. The zero-order valence-electron chi connectivity index (χ0n) is 14.5. The van der Waals surface area contributed by atoms with E-state index in [2.05, 4.69) is 90.4 Å². The number of rotatable bonds is 0. The van der Waals surface area contributed by atoms with Crippen LogP contribution in [0, 0.1) is 33.3 Å². The molecule has 0 radical (unpaired) electrons. The van der Waals surface area contributed by atoms with Gasteiger partial charge in [-0.15, -0.1) is 0 Å². The minimum Gasteiger partial charge on any atom is 0 e. The molecule has 3 rings (SSSR count). The molecule has 7 heteroatoms. The summed E-state index contributed by atoms with van der Waals surface area (Å²) in [7, 11) is 0.186. The molecule has 2 unspecified atom stereocenters. The van der Waals surface area contributed by atoms with Gasteiger partial charge < -0.3 is 0 Å². The predicted octanol–water partition coefficient (Wildman–Crippen LogP) is 2.10. The zero-order valence-corrected chi connectivity index (χ0v) is 16.7. The third-order valence-corrected chi connectivity index (χ3v) is 6.80. The van der Waals surface area contributed by atoms with Crippen LogP contribution in [-0.4, -0.2) is 16.5 Å². The number of benzene rings is 1. The Morgan fingerprint density at radius 1 is 0.692 bits per heavy atom. The third-order valence-electron chi connectivity index (χ3n) is 3.37. The van der Waals surface area contributed by atoms with E-state index in [9.17, 15) is 0 Å². The molecule has 0 amide bonds. The van der Waals surface area contributed by atoms with Gasteiger partial charge in [-0.1, -0.05) is 65.1 Å². The van der Waals surface area contributed by atoms with Crippen molar-refractivity contribution < 1.29 is 40.6 Å². The molecule has 26 heavy (non-hydrogen) atoms. The summed E-state index contributed by atoms with van der Waals surface area (Å²) >= 11 is 0. The standard InChI is InChI=1S/C14H17P.5CO.Cr/c1-14(2,3)15-12-8-10-6-4-5-7-11(10)9-13(12)15;5*1-2;/h4-9,12-13H,1-3H3;;;;;;. The minimum atomic E-state index is 0. The average Bonchev–Trinajstić information content (AvgIpc) is 3.41. The van der Waals surface area contributed by atoms with E-state index in [-0.39, 0.29) is 25.3 Å². The molecule has 1 fully saturated rings. The van der Waals surface area contributed by atoms with Gasteiger partial charge in [0.15, 0.2) is 0 Å². The van der Waals surface area contributed by atoms with E-state index in [0.29, 0.717) is 5.16 Å². The molecule has 0 N–H and O–H groups in total. The molecule has 134 valence electrons. The van der Waals surface area contributed by atoms with Crippen LogP contribution in [0.15, 0.2) is 24.3 Å². The van der Waals surface area contributed by atoms with Crippen molar-refractivity contribution in [2.24, 2.45) is 0 Å². The second kappa shape index (κ2) is 18.4.